The molecule has 0 unspecified atom stereocenters. The first kappa shape index (κ1) is 32.3. The van der Waals surface area contributed by atoms with Crippen LogP contribution in [-0.4, -0.2) is 22.6 Å². The first-order valence-corrected chi connectivity index (χ1v) is 22.2. The van der Waals surface area contributed by atoms with Crippen LogP contribution in [0, 0.1) is 0 Å². The molecule has 0 saturated carbocycles. The summed E-state index contributed by atoms with van der Waals surface area (Å²) in [4.78, 5) is 11.1. The van der Waals surface area contributed by atoms with Gasteiger partial charge in [0.1, 0.15) is 0 Å². The van der Waals surface area contributed by atoms with E-state index >= 15 is 0 Å². The number of thiophene rings is 1. The van der Waals surface area contributed by atoms with Gasteiger partial charge in [-0.2, -0.15) is 0 Å². The first-order chi connectivity index (χ1) is 28.3. The number of hydrogen-bond acceptors (Lipinski definition) is 3. The van der Waals surface area contributed by atoms with Gasteiger partial charge in [-0.3, -0.25) is 0 Å². The fourth-order valence-corrected chi connectivity index (χ4v) is 15.8. The smallest absolute Gasteiger partial charge is 0.185 e. The van der Waals surface area contributed by atoms with Crippen LogP contribution in [-0.2, 0) is 0 Å². The molecule has 0 N–H and O–H groups in total. The van der Waals surface area contributed by atoms with Gasteiger partial charge in [0.25, 0.3) is 0 Å². The molecular weight excluding hydrogens is 727 g/mol. The standard InChI is InChI=1S/C52H33N3SSi/c1-4-16-35(17-5-1)52-53-49(51-50(54-52)41-24-12-15-27-48(41)57(51,37-18-6-2-7-19-37)38-20-8-3-9-21-38)34-28-30-36(31-29-34)55-44-25-13-10-22-39(44)42-33-47-43(32-45(42)55)40-23-11-14-26-46(40)56-47/h1-33H. The summed E-state index contributed by atoms with van der Waals surface area (Å²) in [6, 6.07) is 73.1. The molecule has 11 aromatic rings. The lowest BCUT2D eigenvalue weighted by Crippen LogP contribution is -2.73. The molecule has 8 aromatic carbocycles. The number of nitrogens with zero attached hydrogens (tertiary/aromatic N) is 3. The van der Waals surface area contributed by atoms with E-state index in [1.54, 1.807) is 0 Å². The van der Waals surface area contributed by atoms with Crippen molar-refractivity contribution < 1.29 is 0 Å². The third kappa shape index (κ3) is 4.70. The molecule has 266 valence electrons. The molecule has 0 spiro atoms. The van der Waals surface area contributed by atoms with Gasteiger partial charge in [0.15, 0.2) is 13.9 Å². The van der Waals surface area contributed by atoms with Gasteiger partial charge in [0.2, 0.25) is 0 Å². The van der Waals surface area contributed by atoms with Crippen molar-refractivity contribution in [1.82, 2.24) is 14.5 Å². The molecule has 57 heavy (non-hydrogen) atoms. The molecule has 0 fully saturated rings. The lowest BCUT2D eigenvalue weighted by atomic mass is 10.1. The third-order valence-electron chi connectivity index (χ3n) is 11.9. The second-order valence-corrected chi connectivity index (χ2v) is 19.7. The average molecular weight is 760 g/mol. The zero-order valence-corrected chi connectivity index (χ0v) is 32.6. The molecule has 12 rings (SSSR count). The summed E-state index contributed by atoms with van der Waals surface area (Å²) in [6.45, 7) is 0. The van der Waals surface area contributed by atoms with Gasteiger partial charge in [0.05, 0.1) is 22.4 Å². The SMILES string of the molecule is c1ccc(-c2nc(-c3ccc(-n4c5ccccc5c5cc6sc7ccccc7c6cc54)cc3)c3c(n2)-c2ccccc2[Si]3(c2ccccc2)c2ccccc2)cc1. The van der Waals surface area contributed by atoms with Crippen molar-refractivity contribution in [1.29, 1.82) is 0 Å². The van der Waals surface area contributed by atoms with Crippen LogP contribution in [0.2, 0.25) is 0 Å². The number of rotatable bonds is 5. The van der Waals surface area contributed by atoms with Gasteiger partial charge >= 0.3 is 0 Å². The molecule has 0 saturated heterocycles. The summed E-state index contributed by atoms with van der Waals surface area (Å²) in [6.07, 6.45) is 0. The zero-order chi connectivity index (χ0) is 37.5. The van der Waals surface area contributed by atoms with Gasteiger partial charge in [-0.15, -0.1) is 11.3 Å². The maximum atomic E-state index is 5.58. The van der Waals surface area contributed by atoms with Crippen molar-refractivity contribution >= 4 is 82.1 Å². The third-order valence-corrected chi connectivity index (χ3v) is 17.9. The number of fused-ring (bicyclic) bond motifs is 9. The van der Waals surface area contributed by atoms with Crippen LogP contribution < -0.4 is 20.7 Å². The quantitative estimate of drug-likeness (QED) is 0.164. The second kappa shape index (κ2) is 12.5. The van der Waals surface area contributed by atoms with Crippen molar-refractivity contribution in [3.8, 4) is 39.6 Å². The van der Waals surface area contributed by atoms with Crippen molar-refractivity contribution in [2.75, 3.05) is 0 Å². The fraction of sp³-hybridized carbons (Fsp3) is 0. The van der Waals surface area contributed by atoms with Crippen LogP contribution in [0.4, 0.5) is 0 Å². The Balaban J connectivity index is 1.13. The summed E-state index contributed by atoms with van der Waals surface area (Å²) < 4.78 is 5.07. The molecule has 0 bridgehead atoms. The first-order valence-electron chi connectivity index (χ1n) is 19.4. The highest BCUT2D eigenvalue weighted by Gasteiger charge is 2.51. The predicted octanol–water partition coefficient (Wildman–Crippen LogP) is 10.6. The average Bonchev–Trinajstić information content (AvgIpc) is 3.92. The van der Waals surface area contributed by atoms with Crippen LogP contribution >= 0.6 is 11.3 Å². The normalized spacial score (nSPS) is 13.1. The molecule has 4 heterocycles. The summed E-state index contributed by atoms with van der Waals surface area (Å²) in [7, 11) is -2.89. The Bertz CT molecular complexity index is 3300. The van der Waals surface area contributed by atoms with Crippen LogP contribution in [0.15, 0.2) is 200 Å². The monoisotopic (exact) mass is 759 g/mol. The highest BCUT2D eigenvalue weighted by atomic mass is 32.1. The van der Waals surface area contributed by atoms with Crippen LogP contribution in [0.3, 0.4) is 0 Å². The van der Waals surface area contributed by atoms with Crippen molar-refractivity contribution in [2.24, 2.45) is 0 Å². The van der Waals surface area contributed by atoms with Gasteiger partial charge in [-0.05, 0) is 52.0 Å². The number of benzene rings is 8. The van der Waals surface area contributed by atoms with Gasteiger partial charge in [0, 0.05) is 58.5 Å². The lowest BCUT2D eigenvalue weighted by molar-refractivity contribution is 1.18. The van der Waals surface area contributed by atoms with E-state index < -0.39 is 8.07 Å². The Labute approximate surface area is 334 Å². The Hall–Kier alpha value is -6.92. The van der Waals surface area contributed by atoms with E-state index in [4.69, 9.17) is 9.97 Å². The van der Waals surface area contributed by atoms with Gasteiger partial charge in [-0.1, -0.05) is 164 Å². The molecule has 3 aromatic heterocycles. The van der Waals surface area contributed by atoms with E-state index in [0.717, 1.165) is 34.0 Å². The Morgan fingerprint density at radius 3 is 1.79 bits per heavy atom. The molecule has 1 aliphatic rings. The number of para-hydroxylation sites is 1. The molecular formula is C52H33N3SSi. The minimum atomic E-state index is -2.89. The largest absolute Gasteiger partial charge is 0.309 e. The maximum absolute atomic E-state index is 5.58. The minimum absolute atomic E-state index is 0.739. The molecule has 5 heteroatoms. The van der Waals surface area contributed by atoms with E-state index in [9.17, 15) is 0 Å². The summed E-state index contributed by atoms with van der Waals surface area (Å²) in [5.74, 6) is 0.739. The van der Waals surface area contributed by atoms with E-state index in [1.807, 2.05) is 11.3 Å². The predicted molar refractivity (Wildman–Crippen MR) is 243 cm³/mol. The van der Waals surface area contributed by atoms with Crippen molar-refractivity contribution in [2.45, 2.75) is 0 Å². The van der Waals surface area contributed by atoms with Gasteiger partial charge in [-0.25, -0.2) is 9.97 Å². The van der Waals surface area contributed by atoms with E-state index in [-0.39, 0.29) is 0 Å². The zero-order valence-electron chi connectivity index (χ0n) is 30.8. The Morgan fingerprint density at radius 1 is 0.421 bits per heavy atom. The minimum Gasteiger partial charge on any atom is -0.309 e. The van der Waals surface area contributed by atoms with Crippen LogP contribution in [0.5, 0.6) is 0 Å². The highest BCUT2D eigenvalue weighted by Crippen LogP contribution is 2.41. The van der Waals surface area contributed by atoms with Gasteiger partial charge < -0.3 is 4.57 Å². The molecule has 1 aliphatic heterocycles. The van der Waals surface area contributed by atoms with Crippen LogP contribution in [0.1, 0.15) is 0 Å². The molecule has 0 atom stereocenters. The molecule has 0 radical (unpaired) electrons. The summed E-state index contributed by atoms with van der Waals surface area (Å²) >= 11 is 1.87. The highest BCUT2D eigenvalue weighted by molar-refractivity contribution is 7.26. The lowest BCUT2D eigenvalue weighted by Gasteiger charge is -2.32. The topological polar surface area (TPSA) is 30.7 Å². The Kier molecular flexibility index (Phi) is 7.12. The fourth-order valence-electron chi connectivity index (χ4n) is 9.46. The molecule has 0 amide bonds. The van der Waals surface area contributed by atoms with Crippen LogP contribution in [0.25, 0.3) is 81.6 Å². The van der Waals surface area contributed by atoms with Crippen molar-refractivity contribution in [3.05, 3.63) is 200 Å². The number of aromatic nitrogens is 3. The summed E-state index contributed by atoms with van der Waals surface area (Å²) in [5.41, 5.74) is 8.85. The maximum Gasteiger partial charge on any atom is 0.185 e. The van der Waals surface area contributed by atoms with E-state index in [2.05, 4.69) is 205 Å². The molecule has 3 nitrogen and oxygen atoms in total. The summed E-state index contributed by atoms with van der Waals surface area (Å²) in [5, 5.41) is 10.4. The van der Waals surface area contributed by atoms with Crippen molar-refractivity contribution in [3.63, 3.8) is 0 Å². The Morgan fingerprint density at radius 2 is 1.04 bits per heavy atom. The molecule has 0 aliphatic carbocycles. The van der Waals surface area contributed by atoms with E-state index in [1.165, 1.54) is 68.3 Å². The number of hydrogen-bond donors (Lipinski definition) is 0. The van der Waals surface area contributed by atoms with E-state index in [0.29, 0.717) is 0 Å². The second-order valence-electron chi connectivity index (χ2n) is 14.9.